The van der Waals surface area contributed by atoms with Gasteiger partial charge in [0.2, 0.25) is 17.8 Å². The standard InChI is InChI=1S/C21H25FN6O2/c1-13(29)24-12-16-9-18(20(30)27-16)14-2-3-17(19(22)8-14)15-10-25-21(26-11-15)28-6-4-23-5-7-28/h2-3,8,10-11,16,18,23H,4-7,9,12H2,1H3,(H,24,29)(H,27,30)/t16-,18-/m0/s1. The van der Waals surface area contributed by atoms with Crippen molar-refractivity contribution < 1.29 is 14.0 Å². The molecule has 2 fully saturated rings. The van der Waals surface area contributed by atoms with E-state index in [0.29, 0.717) is 35.6 Å². The molecule has 30 heavy (non-hydrogen) atoms. The lowest BCUT2D eigenvalue weighted by Gasteiger charge is -2.27. The molecule has 0 radical (unpaired) electrons. The van der Waals surface area contributed by atoms with Gasteiger partial charge in [0.25, 0.3) is 0 Å². The number of amides is 2. The predicted molar refractivity (Wildman–Crippen MR) is 110 cm³/mol. The van der Waals surface area contributed by atoms with Crippen LogP contribution in [0.5, 0.6) is 0 Å². The number of nitrogens with one attached hydrogen (secondary N) is 3. The molecule has 0 bridgehead atoms. The highest BCUT2D eigenvalue weighted by Crippen LogP contribution is 2.31. The lowest BCUT2D eigenvalue weighted by atomic mass is 9.93. The van der Waals surface area contributed by atoms with Gasteiger partial charge in [-0.05, 0) is 18.1 Å². The van der Waals surface area contributed by atoms with E-state index in [1.54, 1.807) is 24.5 Å². The van der Waals surface area contributed by atoms with Gasteiger partial charge in [-0.3, -0.25) is 9.59 Å². The quantitative estimate of drug-likeness (QED) is 0.672. The van der Waals surface area contributed by atoms with E-state index in [4.69, 9.17) is 0 Å². The van der Waals surface area contributed by atoms with Crippen molar-refractivity contribution in [1.29, 1.82) is 0 Å². The number of aromatic nitrogens is 2. The number of halogens is 1. The largest absolute Gasteiger partial charge is 0.354 e. The van der Waals surface area contributed by atoms with Crippen LogP contribution >= 0.6 is 0 Å². The van der Waals surface area contributed by atoms with Gasteiger partial charge in [0, 0.05) is 69.2 Å². The lowest BCUT2D eigenvalue weighted by molar-refractivity contribution is -0.121. The average Bonchev–Trinajstić information content (AvgIpc) is 3.13. The molecular formula is C21H25FN6O2. The van der Waals surface area contributed by atoms with E-state index in [1.807, 2.05) is 0 Å². The Balaban J connectivity index is 1.47. The van der Waals surface area contributed by atoms with Crippen LogP contribution < -0.4 is 20.9 Å². The van der Waals surface area contributed by atoms with Crippen LogP contribution in [0.1, 0.15) is 24.8 Å². The van der Waals surface area contributed by atoms with Crippen molar-refractivity contribution in [1.82, 2.24) is 25.9 Å². The maximum Gasteiger partial charge on any atom is 0.227 e. The Labute approximate surface area is 174 Å². The molecule has 0 unspecified atom stereocenters. The normalized spacial score (nSPS) is 21.4. The van der Waals surface area contributed by atoms with Crippen LogP contribution in [0.3, 0.4) is 0 Å². The number of nitrogens with zero attached hydrogens (tertiary/aromatic N) is 3. The van der Waals surface area contributed by atoms with Crippen molar-refractivity contribution in [2.45, 2.75) is 25.3 Å². The number of anilines is 1. The van der Waals surface area contributed by atoms with Gasteiger partial charge >= 0.3 is 0 Å². The van der Waals surface area contributed by atoms with Gasteiger partial charge in [-0.15, -0.1) is 0 Å². The first-order valence-corrected chi connectivity index (χ1v) is 10.1. The van der Waals surface area contributed by atoms with Gasteiger partial charge in [-0.2, -0.15) is 0 Å². The van der Waals surface area contributed by atoms with E-state index in [0.717, 1.165) is 26.2 Å². The topological polar surface area (TPSA) is 99.2 Å². The molecule has 3 heterocycles. The van der Waals surface area contributed by atoms with Crippen LogP contribution in [-0.2, 0) is 9.59 Å². The lowest BCUT2D eigenvalue weighted by Crippen LogP contribution is -2.44. The summed E-state index contributed by atoms with van der Waals surface area (Å²) in [6.45, 7) is 5.27. The Morgan fingerprint density at radius 1 is 1.27 bits per heavy atom. The second-order valence-electron chi connectivity index (χ2n) is 7.68. The minimum atomic E-state index is -0.432. The molecule has 2 amide bonds. The Morgan fingerprint density at radius 2 is 2.00 bits per heavy atom. The third-order valence-electron chi connectivity index (χ3n) is 5.53. The van der Waals surface area contributed by atoms with Crippen molar-refractivity contribution in [2.24, 2.45) is 0 Å². The molecule has 2 atom stereocenters. The number of carbonyl (C=O) groups is 2. The minimum Gasteiger partial charge on any atom is -0.354 e. The summed E-state index contributed by atoms with van der Waals surface area (Å²) in [5.41, 5.74) is 1.62. The number of benzene rings is 1. The highest BCUT2D eigenvalue weighted by molar-refractivity contribution is 5.86. The first-order chi connectivity index (χ1) is 14.5. The molecule has 0 spiro atoms. The predicted octanol–water partition coefficient (Wildman–Crippen LogP) is 0.800. The van der Waals surface area contributed by atoms with Gasteiger partial charge < -0.3 is 20.9 Å². The molecule has 8 nitrogen and oxygen atoms in total. The Bertz CT molecular complexity index is 930. The Hall–Kier alpha value is -3.07. The molecule has 158 valence electrons. The fourth-order valence-corrected chi connectivity index (χ4v) is 3.91. The Kier molecular flexibility index (Phi) is 5.89. The first-order valence-electron chi connectivity index (χ1n) is 10.1. The van der Waals surface area contributed by atoms with Gasteiger partial charge in [0.15, 0.2) is 0 Å². The smallest absolute Gasteiger partial charge is 0.227 e. The van der Waals surface area contributed by atoms with Crippen molar-refractivity contribution in [3.05, 3.63) is 42.0 Å². The molecule has 3 N–H and O–H groups in total. The second-order valence-corrected chi connectivity index (χ2v) is 7.68. The third kappa shape index (κ3) is 4.40. The molecule has 2 saturated heterocycles. The molecule has 1 aromatic carbocycles. The number of rotatable bonds is 5. The summed E-state index contributed by atoms with van der Waals surface area (Å²) >= 11 is 0. The van der Waals surface area contributed by atoms with E-state index in [9.17, 15) is 14.0 Å². The zero-order valence-corrected chi connectivity index (χ0v) is 16.8. The fraction of sp³-hybridized carbons (Fsp3) is 0.429. The molecular weight excluding hydrogens is 387 g/mol. The maximum atomic E-state index is 14.9. The molecule has 1 aromatic heterocycles. The highest BCUT2D eigenvalue weighted by Gasteiger charge is 2.33. The molecule has 9 heteroatoms. The molecule has 2 aliphatic heterocycles. The fourth-order valence-electron chi connectivity index (χ4n) is 3.91. The molecule has 0 aliphatic carbocycles. The first kappa shape index (κ1) is 20.2. The van der Waals surface area contributed by atoms with Gasteiger partial charge in [-0.25, -0.2) is 14.4 Å². The minimum absolute atomic E-state index is 0.145. The summed E-state index contributed by atoms with van der Waals surface area (Å²) in [5, 5.41) is 8.84. The van der Waals surface area contributed by atoms with E-state index in [2.05, 4.69) is 30.8 Å². The van der Waals surface area contributed by atoms with Gasteiger partial charge in [0.1, 0.15) is 5.82 Å². The van der Waals surface area contributed by atoms with Crippen molar-refractivity contribution >= 4 is 17.8 Å². The number of hydrogen-bond acceptors (Lipinski definition) is 6. The van der Waals surface area contributed by atoms with Crippen LogP contribution in [0.2, 0.25) is 0 Å². The van der Waals surface area contributed by atoms with Crippen LogP contribution in [-0.4, -0.2) is 60.5 Å². The third-order valence-corrected chi connectivity index (χ3v) is 5.53. The van der Waals surface area contributed by atoms with Crippen LogP contribution in [0, 0.1) is 5.82 Å². The highest BCUT2D eigenvalue weighted by atomic mass is 19.1. The number of carbonyl (C=O) groups excluding carboxylic acids is 2. The number of hydrogen-bond donors (Lipinski definition) is 3. The molecule has 4 rings (SSSR count). The van der Waals surface area contributed by atoms with Crippen molar-refractivity contribution in [3.8, 4) is 11.1 Å². The van der Waals surface area contributed by atoms with Crippen molar-refractivity contribution in [3.63, 3.8) is 0 Å². The SMILES string of the molecule is CC(=O)NC[C@@H]1C[C@@H](c2ccc(-c3cnc(N4CCNCC4)nc3)c(F)c2)C(=O)N1. The summed E-state index contributed by atoms with van der Waals surface area (Å²) in [6, 6.07) is 4.70. The van der Waals surface area contributed by atoms with E-state index in [1.165, 1.54) is 13.0 Å². The molecule has 2 aromatic rings. The van der Waals surface area contributed by atoms with Gasteiger partial charge in [0.05, 0.1) is 5.92 Å². The van der Waals surface area contributed by atoms with E-state index in [-0.39, 0.29) is 17.9 Å². The number of piperazine rings is 1. The molecule has 0 saturated carbocycles. The molecule has 2 aliphatic rings. The maximum absolute atomic E-state index is 14.9. The summed E-state index contributed by atoms with van der Waals surface area (Å²) in [7, 11) is 0. The monoisotopic (exact) mass is 412 g/mol. The van der Waals surface area contributed by atoms with Crippen LogP contribution in [0.25, 0.3) is 11.1 Å². The van der Waals surface area contributed by atoms with E-state index >= 15 is 0 Å². The zero-order chi connectivity index (χ0) is 21.1. The van der Waals surface area contributed by atoms with Crippen molar-refractivity contribution in [2.75, 3.05) is 37.6 Å². The van der Waals surface area contributed by atoms with E-state index < -0.39 is 11.7 Å². The zero-order valence-electron chi connectivity index (χ0n) is 16.8. The summed E-state index contributed by atoms with van der Waals surface area (Å²) in [5.74, 6) is -0.498. The summed E-state index contributed by atoms with van der Waals surface area (Å²) in [6.07, 6.45) is 3.78. The summed E-state index contributed by atoms with van der Waals surface area (Å²) in [4.78, 5) is 34.3. The average molecular weight is 412 g/mol. The van der Waals surface area contributed by atoms with Crippen LogP contribution in [0.15, 0.2) is 30.6 Å². The second kappa shape index (κ2) is 8.74. The van der Waals surface area contributed by atoms with Gasteiger partial charge in [-0.1, -0.05) is 12.1 Å². The van der Waals surface area contributed by atoms with Crippen LogP contribution in [0.4, 0.5) is 10.3 Å². The Morgan fingerprint density at radius 3 is 2.67 bits per heavy atom. The summed E-state index contributed by atoms with van der Waals surface area (Å²) < 4.78 is 14.9.